The lowest BCUT2D eigenvalue weighted by Crippen LogP contribution is -2.41. The molecule has 2 aliphatic rings. The van der Waals surface area contributed by atoms with Gasteiger partial charge in [-0.3, -0.25) is 9.59 Å². The number of nitrogens with one attached hydrogen (secondary N) is 1. The first-order valence-corrected chi connectivity index (χ1v) is 11.8. The smallest absolute Gasteiger partial charge is 0.315 e. The molecule has 1 aliphatic heterocycles. The van der Waals surface area contributed by atoms with Crippen LogP contribution in [0.2, 0.25) is 0 Å². The second-order valence-electron chi connectivity index (χ2n) is 8.03. The zero-order valence-corrected chi connectivity index (χ0v) is 19.0. The molecule has 11 nitrogen and oxygen atoms in total. The number of hydrogen-bond donors (Lipinski definition) is 1. The van der Waals surface area contributed by atoms with Gasteiger partial charge in [-0.25, -0.2) is 14.6 Å². The molecule has 1 N–H and O–H groups in total. The number of aryl methyl sites for hydroxylation is 1. The van der Waals surface area contributed by atoms with Crippen LogP contribution in [0, 0.1) is 5.92 Å². The van der Waals surface area contributed by atoms with E-state index in [1.54, 1.807) is 17.9 Å². The van der Waals surface area contributed by atoms with Crippen molar-refractivity contribution in [1.29, 1.82) is 0 Å². The number of anilines is 2. The quantitative estimate of drug-likeness (QED) is 0.540. The Hall–Kier alpha value is -3.41. The number of ether oxygens (including phenoxy) is 1. The molecular formula is C21H24N8O3S. The van der Waals surface area contributed by atoms with Crippen LogP contribution < -0.4 is 10.2 Å². The van der Waals surface area contributed by atoms with Gasteiger partial charge in [-0.2, -0.15) is 5.10 Å². The molecule has 1 saturated heterocycles. The van der Waals surface area contributed by atoms with Crippen molar-refractivity contribution in [3.05, 3.63) is 35.4 Å². The van der Waals surface area contributed by atoms with Crippen molar-refractivity contribution < 1.29 is 14.3 Å². The van der Waals surface area contributed by atoms with E-state index < -0.39 is 0 Å². The van der Waals surface area contributed by atoms with E-state index in [1.165, 1.54) is 17.7 Å². The summed E-state index contributed by atoms with van der Waals surface area (Å²) in [5.74, 6) is 0.494. The molecule has 3 aromatic heterocycles. The van der Waals surface area contributed by atoms with Gasteiger partial charge in [0.25, 0.3) is 0 Å². The average molecular weight is 469 g/mol. The van der Waals surface area contributed by atoms with Crippen molar-refractivity contribution >= 4 is 34.2 Å². The highest BCUT2D eigenvalue weighted by atomic mass is 32.1. The Balaban J connectivity index is 1.22. The topological polar surface area (TPSA) is 128 Å². The predicted octanol–water partition coefficient (Wildman–Crippen LogP) is 1.96. The van der Waals surface area contributed by atoms with Crippen LogP contribution in [0.5, 0.6) is 0 Å². The number of carbonyl (C=O) groups excluding carboxylic acids is 2. The molecule has 3 aromatic rings. The molecule has 2 unspecified atom stereocenters. The van der Waals surface area contributed by atoms with Crippen molar-refractivity contribution in [3.63, 3.8) is 0 Å². The van der Waals surface area contributed by atoms with Gasteiger partial charge in [-0.1, -0.05) is 0 Å². The van der Waals surface area contributed by atoms with Crippen LogP contribution in [0.1, 0.15) is 42.7 Å². The lowest BCUT2D eigenvalue weighted by molar-refractivity contribution is -0.145. The summed E-state index contributed by atoms with van der Waals surface area (Å²) in [6, 6.07) is 3.71. The third kappa shape index (κ3) is 4.42. The summed E-state index contributed by atoms with van der Waals surface area (Å²) in [4.78, 5) is 36.8. The van der Waals surface area contributed by atoms with E-state index in [-0.39, 0.29) is 23.7 Å². The molecule has 1 fully saturated rings. The number of fused-ring (bicyclic) bond motifs is 1. The van der Waals surface area contributed by atoms with Crippen molar-refractivity contribution in [2.45, 2.75) is 38.5 Å². The predicted molar refractivity (Wildman–Crippen MR) is 120 cm³/mol. The molecule has 0 aromatic carbocycles. The molecular weight excluding hydrogens is 444 g/mol. The van der Waals surface area contributed by atoms with Gasteiger partial charge in [0.1, 0.15) is 18.6 Å². The number of aromatic nitrogens is 6. The zero-order valence-electron chi connectivity index (χ0n) is 18.2. The number of hydrogen-bond acceptors (Lipinski definition) is 10. The van der Waals surface area contributed by atoms with Crippen molar-refractivity contribution in [3.8, 4) is 5.82 Å². The highest BCUT2D eigenvalue weighted by Crippen LogP contribution is 2.39. The average Bonchev–Trinajstić information content (AvgIpc) is 3.57. The summed E-state index contributed by atoms with van der Waals surface area (Å²) in [5.41, 5.74) is 0.752. The first-order valence-electron chi connectivity index (χ1n) is 11.0. The highest BCUT2D eigenvalue weighted by Gasteiger charge is 2.34. The van der Waals surface area contributed by atoms with Gasteiger partial charge in [-0.05, 0) is 44.7 Å². The van der Waals surface area contributed by atoms with E-state index in [0.717, 1.165) is 48.6 Å². The molecule has 0 bridgehead atoms. The number of nitrogens with zero attached hydrogens (tertiary/aromatic N) is 7. The van der Waals surface area contributed by atoms with Crippen LogP contribution in [0.15, 0.2) is 24.8 Å². The van der Waals surface area contributed by atoms with E-state index in [4.69, 9.17) is 4.74 Å². The number of rotatable bonds is 6. The molecule has 33 heavy (non-hydrogen) atoms. The lowest BCUT2D eigenvalue weighted by Gasteiger charge is -2.32. The Morgan fingerprint density at radius 1 is 1.24 bits per heavy atom. The molecule has 0 saturated carbocycles. The number of amides is 1. The summed E-state index contributed by atoms with van der Waals surface area (Å²) in [6.07, 6.45) is 6.18. The maximum absolute atomic E-state index is 13.0. The standard InChI is InChI=1S/C21H24N8O3S/c1-2-32-20(31)14-5-6-15-18(14)24-21(33-15)25-19(30)13-4-3-9-28(10-13)16-7-8-17(27-26-16)29-12-22-11-23-29/h7-8,11-14H,2-6,9-10H2,1H3,(H,24,25,30). The normalized spacial score (nSPS) is 19.8. The van der Waals surface area contributed by atoms with E-state index in [0.29, 0.717) is 24.1 Å². The summed E-state index contributed by atoms with van der Waals surface area (Å²) in [7, 11) is 0. The minimum Gasteiger partial charge on any atom is -0.465 e. The lowest BCUT2D eigenvalue weighted by atomic mass is 9.97. The van der Waals surface area contributed by atoms with Gasteiger partial charge in [0.15, 0.2) is 16.8 Å². The van der Waals surface area contributed by atoms with Gasteiger partial charge >= 0.3 is 5.97 Å². The van der Waals surface area contributed by atoms with Gasteiger partial charge in [-0.15, -0.1) is 21.5 Å². The van der Waals surface area contributed by atoms with Gasteiger partial charge in [0.05, 0.1) is 18.2 Å². The Bertz CT molecular complexity index is 1130. The molecule has 1 amide bonds. The maximum Gasteiger partial charge on any atom is 0.315 e. The summed E-state index contributed by atoms with van der Waals surface area (Å²) in [5, 5.41) is 16.1. The highest BCUT2D eigenvalue weighted by molar-refractivity contribution is 7.16. The number of thiazole rings is 1. The summed E-state index contributed by atoms with van der Waals surface area (Å²) >= 11 is 1.45. The Kier molecular flexibility index (Phi) is 5.99. The van der Waals surface area contributed by atoms with Crippen LogP contribution in [-0.2, 0) is 20.7 Å². The minimum atomic E-state index is -0.328. The molecule has 1 aliphatic carbocycles. The van der Waals surface area contributed by atoms with E-state index in [2.05, 4.69) is 35.5 Å². The van der Waals surface area contributed by atoms with E-state index in [1.807, 2.05) is 12.1 Å². The largest absolute Gasteiger partial charge is 0.465 e. The van der Waals surface area contributed by atoms with Gasteiger partial charge < -0.3 is 15.0 Å². The summed E-state index contributed by atoms with van der Waals surface area (Å²) in [6.45, 7) is 3.52. The number of esters is 1. The molecule has 0 radical (unpaired) electrons. The minimum absolute atomic E-state index is 0.0630. The number of carbonyl (C=O) groups is 2. The molecule has 0 spiro atoms. The Labute approximate surface area is 194 Å². The van der Waals surface area contributed by atoms with Crippen molar-refractivity contribution in [1.82, 2.24) is 29.9 Å². The fraction of sp³-hybridized carbons (Fsp3) is 0.476. The second kappa shape index (κ2) is 9.22. The monoisotopic (exact) mass is 468 g/mol. The fourth-order valence-electron chi connectivity index (χ4n) is 4.30. The third-order valence-electron chi connectivity index (χ3n) is 5.92. The van der Waals surface area contributed by atoms with Crippen LogP contribution >= 0.6 is 11.3 Å². The summed E-state index contributed by atoms with van der Waals surface area (Å²) < 4.78 is 6.71. The maximum atomic E-state index is 13.0. The molecule has 5 rings (SSSR count). The zero-order chi connectivity index (χ0) is 22.8. The fourth-order valence-corrected chi connectivity index (χ4v) is 5.34. The van der Waals surface area contributed by atoms with Crippen LogP contribution in [-0.4, -0.2) is 61.5 Å². The molecule has 4 heterocycles. The molecule has 12 heteroatoms. The van der Waals surface area contributed by atoms with Crippen LogP contribution in [0.25, 0.3) is 5.82 Å². The number of piperidine rings is 1. The van der Waals surface area contributed by atoms with Gasteiger partial charge in [0.2, 0.25) is 5.91 Å². The first-order chi connectivity index (χ1) is 16.1. The Morgan fingerprint density at radius 2 is 2.09 bits per heavy atom. The molecule has 2 atom stereocenters. The van der Waals surface area contributed by atoms with Gasteiger partial charge in [0, 0.05) is 18.0 Å². The molecule has 172 valence electrons. The first kappa shape index (κ1) is 21.4. The van der Waals surface area contributed by atoms with Crippen molar-refractivity contribution in [2.75, 3.05) is 29.9 Å². The van der Waals surface area contributed by atoms with Crippen molar-refractivity contribution in [2.24, 2.45) is 5.92 Å². The second-order valence-corrected chi connectivity index (χ2v) is 9.12. The third-order valence-corrected chi connectivity index (χ3v) is 6.97. The van der Waals surface area contributed by atoms with Crippen LogP contribution in [0.3, 0.4) is 0 Å². The van der Waals surface area contributed by atoms with E-state index in [9.17, 15) is 9.59 Å². The Morgan fingerprint density at radius 3 is 2.85 bits per heavy atom. The van der Waals surface area contributed by atoms with Crippen LogP contribution in [0.4, 0.5) is 10.9 Å². The SMILES string of the molecule is CCOC(=O)C1CCc2sc(NC(=O)C3CCCN(c4ccc(-n5cncn5)nn4)C3)nc21. The van der Waals surface area contributed by atoms with E-state index >= 15 is 0 Å².